The Balaban J connectivity index is 2.03. The van der Waals surface area contributed by atoms with Crippen LogP contribution in [0.15, 0.2) is 30.3 Å². The second-order valence-electron chi connectivity index (χ2n) is 4.98. The van der Waals surface area contributed by atoms with Crippen LogP contribution in [0.25, 0.3) is 0 Å². The number of methoxy groups -OCH3 is 1. The van der Waals surface area contributed by atoms with Crippen LogP contribution in [-0.2, 0) is 16.8 Å². The van der Waals surface area contributed by atoms with Crippen LogP contribution in [0.1, 0.15) is 38.8 Å². The number of rotatable bonds is 5. The Bertz CT molecular complexity index is 632. The summed E-state index contributed by atoms with van der Waals surface area (Å²) in [6, 6.07) is 10.2. The lowest BCUT2D eigenvalue weighted by atomic mass is 9.97. The van der Waals surface area contributed by atoms with Gasteiger partial charge in [-0.1, -0.05) is 30.3 Å². The van der Waals surface area contributed by atoms with Gasteiger partial charge in [0.15, 0.2) is 0 Å². The standard InChI is InChI=1S/C15H15NO3S/c1-19-9-11-12(13(17)18)20-14(16-11)15(7-8-15)10-5-3-2-4-6-10/h2-6H,7-9H2,1H3,(H,17,18). The molecule has 1 aliphatic rings. The first-order valence-corrected chi connectivity index (χ1v) is 7.27. The topological polar surface area (TPSA) is 59.4 Å². The third-order valence-electron chi connectivity index (χ3n) is 3.66. The first-order chi connectivity index (χ1) is 9.67. The van der Waals surface area contributed by atoms with Crippen molar-refractivity contribution in [2.75, 3.05) is 7.11 Å². The van der Waals surface area contributed by atoms with Crippen LogP contribution in [-0.4, -0.2) is 23.2 Å². The Morgan fingerprint density at radius 2 is 2.10 bits per heavy atom. The number of ether oxygens (including phenoxy) is 1. The molecule has 1 aliphatic carbocycles. The van der Waals surface area contributed by atoms with E-state index in [0.29, 0.717) is 10.6 Å². The smallest absolute Gasteiger partial charge is 0.347 e. The number of aromatic carboxylic acids is 1. The van der Waals surface area contributed by atoms with Gasteiger partial charge >= 0.3 is 5.97 Å². The minimum atomic E-state index is -0.926. The molecule has 0 spiro atoms. The van der Waals surface area contributed by atoms with E-state index < -0.39 is 5.97 Å². The van der Waals surface area contributed by atoms with E-state index in [9.17, 15) is 9.90 Å². The molecule has 2 aromatic rings. The molecule has 1 N–H and O–H groups in total. The highest BCUT2D eigenvalue weighted by molar-refractivity contribution is 7.14. The molecule has 3 rings (SSSR count). The Labute approximate surface area is 121 Å². The lowest BCUT2D eigenvalue weighted by molar-refractivity contribution is 0.0697. The zero-order valence-electron chi connectivity index (χ0n) is 11.1. The molecule has 4 nitrogen and oxygen atoms in total. The van der Waals surface area contributed by atoms with Crippen molar-refractivity contribution in [1.29, 1.82) is 0 Å². The van der Waals surface area contributed by atoms with Gasteiger partial charge < -0.3 is 9.84 Å². The highest BCUT2D eigenvalue weighted by atomic mass is 32.1. The van der Waals surface area contributed by atoms with Gasteiger partial charge in [0.25, 0.3) is 0 Å². The summed E-state index contributed by atoms with van der Waals surface area (Å²) in [7, 11) is 1.55. The zero-order chi connectivity index (χ0) is 14.2. The summed E-state index contributed by atoms with van der Waals surface area (Å²) in [6.45, 7) is 0.239. The van der Waals surface area contributed by atoms with Gasteiger partial charge in [0.05, 0.1) is 12.3 Å². The van der Waals surface area contributed by atoms with Gasteiger partial charge in [0, 0.05) is 12.5 Å². The Hall–Kier alpha value is -1.72. The fourth-order valence-corrected chi connectivity index (χ4v) is 3.64. The van der Waals surface area contributed by atoms with Gasteiger partial charge in [-0.05, 0) is 18.4 Å². The molecule has 1 fully saturated rings. The normalized spacial score (nSPS) is 16.1. The third-order valence-corrected chi connectivity index (χ3v) is 4.95. The summed E-state index contributed by atoms with van der Waals surface area (Å²) < 4.78 is 5.05. The summed E-state index contributed by atoms with van der Waals surface area (Å²) in [4.78, 5) is 16.1. The van der Waals surface area contributed by atoms with E-state index in [1.54, 1.807) is 7.11 Å². The minimum Gasteiger partial charge on any atom is -0.477 e. The van der Waals surface area contributed by atoms with E-state index in [0.717, 1.165) is 17.8 Å². The molecular weight excluding hydrogens is 274 g/mol. The van der Waals surface area contributed by atoms with Crippen LogP contribution in [0, 0.1) is 0 Å². The van der Waals surface area contributed by atoms with Crippen LogP contribution in [0.2, 0.25) is 0 Å². The maximum atomic E-state index is 11.3. The minimum absolute atomic E-state index is 0.0812. The molecule has 1 aromatic heterocycles. The highest BCUT2D eigenvalue weighted by Gasteiger charge is 2.49. The maximum absolute atomic E-state index is 11.3. The molecule has 5 heteroatoms. The first-order valence-electron chi connectivity index (χ1n) is 6.45. The number of thiazole rings is 1. The molecule has 0 atom stereocenters. The summed E-state index contributed by atoms with van der Waals surface area (Å²) >= 11 is 1.28. The van der Waals surface area contributed by atoms with E-state index in [4.69, 9.17) is 4.74 Å². The van der Waals surface area contributed by atoms with Gasteiger partial charge in [-0.25, -0.2) is 9.78 Å². The number of carbonyl (C=O) groups is 1. The zero-order valence-corrected chi connectivity index (χ0v) is 11.9. The van der Waals surface area contributed by atoms with E-state index in [-0.39, 0.29) is 12.0 Å². The van der Waals surface area contributed by atoms with Crippen LogP contribution in [0.3, 0.4) is 0 Å². The number of hydrogen-bond acceptors (Lipinski definition) is 4. The molecule has 0 unspecified atom stereocenters. The second-order valence-corrected chi connectivity index (χ2v) is 5.98. The Kier molecular flexibility index (Phi) is 3.31. The lowest BCUT2D eigenvalue weighted by Crippen LogP contribution is -2.08. The lowest BCUT2D eigenvalue weighted by Gasteiger charge is -2.11. The predicted molar refractivity (Wildman–Crippen MR) is 76.2 cm³/mol. The molecule has 1 heterocycles. The first kappa shape index (κ1) is 13.3. The van der Waals surface area contributed by atoms with Crippen LogP contribution in [0.5, 0.6) is 0 Å². The molecule has 1 saturated carbocycles. The molecule has 20 heavy (non-hydrogen) atoms. The van der Waals surface area contributed by atoms with Crippen molar-refractivity contribution in [2.45, 2.75) is 24.9 Å². The van der Waals surface area contributed by atoms with Crippen LogP contribution < -0.4 is 0 Å². The molecule has 1 aromatic carbocycles. The summed E-state index contributed by atoms with van der Waals surface area (Å²) in [6.07, 6.45) is 2.05. The van der Waals surface area contributed by atoms with Crippen molar-refractivity contribution in [3.05, 3.63) is 51.5 Å². The van der Waals surface area contributed by atoms with Crippen molar-refractivity contribution in [3.8, 4) is 0 Å². The van der Waals surface area contributed by atoms with Crippen molar-refractivity contribution in [2.24, 2.45) is 0 Å². The van der Waals surface area contributed by atoms with Crippen LogP contribution >= 0.6 is 11.3 Å². The average Bonchev–Trinajstić information content (AvgIpc) is 3.16. The summed E-state index contributed by atoms with van der Waals surface area (Å²) in [5.74, 6) is -0.926. The highest BCUT2D eigenvalue weighted by Crippen LogP contribution is 2.54. The number of hydrogen-bond donors (Lipinski definition) is 1. The number of carboxylic acid groups (broad SMARTS) is 1. The molecule has 104 valence electrons. The summed E-state index contributed by atoms with van der Waals surface area (Å²) in [5.41, 5.74) is 1.67. The van der Waals surface area contributed by atoms with Gasteiger partial charge in [-0.3, -0.25) is 0 Å². The van der Waals surface area contributed by atoms with Gasteiger partial charge in [-0.2, -0.15) is 0 Å². The number of nitrogens with zero attached hydrogens (tertiary/aromatic N) is 1. The van der Waals surface area contributed by atoms with E-state index in [1.807, 2.05) is 18.2 Å². The number of benzene rings is 1. The number of aromatic nitrogens is 1. The van der Waals surface area contributed by atoms with Gasteiger partial charge in [-0.15, -0.1) is 11.3 Å². The molecule has 0 saturated heterocycles. The van der Waals surface area contributed by atoms with Crippen molar-refractivity contribution in [3.63, 3.8) is 0 Å². The monoisotopic (exact) mass is 289 g/mol. The molecule has 0 radical (unpaired) electrons. The van der Waals surface area contributed by atoms with Crippen molar-refractivity contribution >= 4 is 17.3 Å². The van der Waals surface area contributed by atoms with Gasteiger partial charge in [0.1, 0.15) is 9.88 Å². The molecular formula is C15H15NO3S. The Morgan fingerprint density at radius 3 is 2.65 bits per heavy atom. The average molecular weight is 289 g/mol. The largest absolute Gasteiger partial charge is 0.477 e. The third kappa shape index (κ3) is 2.13. The second kappa shape index (κ2) is 5.00. The SMILES string of the molecule is COCc1nc(C2(c3ccccc3)CC2)sc1C(=O)O. The van der Waals surface area contributed by atoms with Crippen LogP contribution in [0.4, 0.5) is 0 Å². The molecule has 0 aliphatic heterocycles. The number of carboxylic acids is 1. The van der Waals surface area contributed by atoms with Crippen molar-refractivity contribution < 1.29 is 14.6 Å². The van der Waals surface area contributed by atoms with Crippen molar-refractivity contribution in [1.82, 2.24) is 4.98 Å². The predicted octanol–water partition coefficient (Wildman–Crippen LogP) is 3.07. The molecule has 0 amide bonds. The van der Waals surface area contributed by atoms with E-state index >= 15 is 0 Å². The quantitative estimate of drug-likeness (QED) is 0.919. The van der Waals surface area contributed by atoms with E-state index in [1.165, 1.54) is 16.9 Å². The fourth-order valence-electron chi connectivity index (χ4n) is 2.47. The molecule has 0 bridgehead atoms. The summed E-state index contributed by atoms with van der Waals surface area (Å²) in [5, 5.41) is 10.2. The van der Waals surface area contributed by atoms with Gasteiger partial charge in [0.2, 0.25) is 0 Å². The maximum Gasteiger partial charge on any atom is 0.347 e. The van der Waals surface area contributed by atoms with E-state index in [2.05, 4.69) is 17.1 Å². The Morgan fingerprint density at radius 1 is 1.40 bits per heavy atom. The fraction of sp³-hybridized carbons (Fsp3) is 0.333.